The van der Waals surface area contributed by atoms with Gasteiger partial charge >= 0.3 is 5.28 Å². The highest BCUT2D eigenvalue weighted by Gasteiger charge is 2.12. The summed E-state index contributed by atoms with van der Waals surface area (Å²) in [5.74, 6) is 0.698. The summed E-state index contributed by atoms with van der Waals surface area (Å²) < 4.78 is 5.59. The van der Waals surface area contributed by atoms with Gasteiger partial charge in [0.2, 0.25) is 0 Å². The van der Waals surface area contributed by atoms with Gasteiger partial charge in [-0.15, -0.1) is 5.10 Å². The number of imidazole rings is 1. The number of pyridine rings is 1. The number of fused-ring (bicyclic) bond motifs is 1. The first-order chi connectivity index (χ1) is 9.66. The Morgan fingerprint density at radius 2 is 2.25 bits per heavy atom. The van der Waals surface area contributed by atoms with Crippen molar-refractivity contribution in [3.8, 4) is 0 Å². The third kappa shape index (κ3) is 2.18. The smallest absolute Gasteiger partial charge is 0.354 e. The van der Waals surface area contributed by atoms with Crippen molar-refractivity contribution >= 4 is 28.6 Å². The fourth-order valence-electron chi connectivity index (χ4n) is 2.12. The minimum absolute atomic E-state index is 0.662. The number of hydrogen-bond donors (Lipinski definition) is 2. The quantitative estimate of drug-likeness (QED) is 0.712. The number of nitrogens with zero attached hydrogens (tertiary/aromatic N) is 4. The lowest BCUT2D eigenvalue weighted by atomic mass is 10.3. The number of aryl methyl sites for hydroxylation is 1. The SMILES string of the molecule is C[n+]1ccn(CCNc2nn3ccccc3c2N)c1Cl. The zero-order valence-corrected chi connectivity index (χ0v) is 11.9. The van der Waals surface area contributed by atoms with Gasteiger partial charge < -0.3 is 11.1 Å². The average Bonchev–Trinajstić information content (AvgIpc) is 2.94. The van der Waals surface area contributed by atoms with Gasteiger partial charge in [-0.1, -0.05) is 6.07 Å². The Labute approximate surface area is 121 Å². The van der Waals surface area contributed by atoms with Crippen molar-refractivity contribution in [3.05, 3.63) is 42.1 Å². The summed E-state index contributed by atoms with van der Waals surface area (Å²) in [6, 6.07) is 5.80. The molecule has 0 amide bonds. The fourth-order valence-corrected chi connectivity index (χ4v) is 2.31. The molecule has 7 heteroatoms. The van der Waals surface area contributed by atoms with Gasteiger partial charge in [-0.2, -0.15) is 0 Å². The van der Waals surface area contributed by atoms with Crippen LogP contribution in [0.15, 0.2) is 36.8 Å². The van der Waals surface area contributed by atoms with Crippen LogP contribution in [-0.4, -0.2) is 20.7 Å². The maximum atomic E-state index is 6.14. The Morgan fingerprint density at radius 3 is 2.95 bits per heavy atom. The third-order valence-corrected chi connectivity index (χ3v) is 3.71. The number of anilines is 2. The zero-order chi connectivity index (χ0) is 14.1. The fraction of sp³-hybridized carbons (Fsp3) is 0.231. The Balaban J connectivity index is 1.71. The molecule has 0 bridgehead atoms. The van der Waals surface area contributed by atoms with E-state index < -0.39 is 0 Å². The predicted molar refractivity (Wildman–Crippen MR) is 78.7 cm³/mol. The second-order valence-electron chi connectivity index (χ2n) is 4.59. The molecule has 0 aromatic carbocycles. The van der Waals surface area contributed by atoms with Gasteiger partial charge in [0.25, 0.3) is 0 Å². The number of nitrogens with one attached hydrogen (secondary N) is 1. The highest BCUT2D eigenvalue weighted by molar-refractivity contribution is 6.27. The molecule has 0 saturated carbocycles. The van der Waals surface area contributed by atoms with Crippen molar-refractivity contribution in [2.75, 3.05) is 17.6 Å². The summed E-state index contributed by atoms with van der Waals surface area (Å²) in [6.45, 7) is 1.44. The topological polar surface area (TPSA) is 64.2 Å². The van der Waals surface area contributed by atoms with Crippen LogP contribution < -0.4 is 15.6 Å². The zero-order valence-electron chi connectivity index (χ0n) is 11.1. The van der Waals surface area contributed by atoms with E-state index in [2.05, 4.69) is 10.4 Å². The van der Waals surface area contributed by atoms with Gasteiger partial charge in [0.1, 0.15) is 24.6 Å². The summed E-state index contributed by atoms with van der Waals surface area (Å²) in [5, 5.41) is 8.34. The van der Waals surface area contributed by atoms with Crippen LogP contribution in [0.4, 0.5) is 11.5 Å². The Hall–Kier alpha value is -2.21. The van der Waals surface area contributed by atoms with Gasteiger partial charge in [0, 0.05) is 17.8 Å². The lowest BCUT2D eigenvalue weighted by Gasteiger charge is -2.02. The Kier molecular flexibility index (Phi) is 3.23. The predicted octanol–water partition coefficient (Wildman–Crippen LogP) is 1.31. The van der Waals surface area contributed by atoms with Gasteiger partial charge in [0.15, 0.2) is 5.82 Å². The number of halogens is 1. The van der Waals surface area contributed by atoms with E-state index in [1.165, 1.54) is 0 Å². The molecule has 3 aromatic heterocycles. The van der Waals surface area contributed by atoms with Crippen molar-refractivity contribution < 1.29 is 4.57 Å². The molecular formula is C13H16ClN6+. The molecule has 0 unspecified atom stereocenters. The monoisotopic (exact) mass is 291 g/mol. The first-order valence-corrected chi connectivity index (χ1v) is 6.71. The van der Waals surface area contributed by atoms with Crippen LogP contribution in [0.1, 0.15) is 0 Å². The van der Waals surface area contributed by atoms with Crippen LogP contribution in [0.5, 0.6) is 0 Å². The molecule has 3 rings (SSSR count). The van der Waals surface area contributed by atoms with E-state index in [-0.39, 0.29) is 0 Å². The maximum absolute atomic E-state index is 6.14. The van der Waals surface area contributed by atoms with E-state index in [1.54, 1.807) is 4.52 Å². The molecule has 0 saturated heterocycles. The molecular weight excluding hydrogens is 276 g/mol. The Morgan fingerprint density at radius 1 is 1.40 bits per heavy atom. The van der Waals surface area contributed by atoms with E-state index in [0.29, 0.717) is 23.3 Å². The van der Waals surface area contributed by atoms with Gasteiger partial charge in [-0.25, -0.2) is 13.6 Å². The highest BCUT2D eigenvalue weighted by atomic mass is 35.5. The lowest BCUT2D eigenvalue weighted by molar-refractivity contribution is -0.668. The van der Waals surface area contributed by atoms with Gasteiger partial charge in [0.05, 0.1) is 19.1 Å². The number of rotatable bonds is 4. The third-order valence-electron chi connectivity index (χ3n) is 3.22. The second kappa shape index (κ2) is 5.05. The Bertz CT molecular complexity index is 744. The minimum atomic E-state index is 0.662. The van der Waals surface area contributed by atoms with E-state index >= 15 is 0 Å². The average molecular weight is 292 g/mol. The molecule has 0 aliphatic heterocycles. The van der Waals surface area contributed by atoms with Crippen molar-refractivity contribution in [1.29, 1.82) is 0 Å². The number of hydrogen-bond acceptors (Lipinski definition) is 3. The number of nitrogens with two attached hydrogens (primary N) is 1. The number of aromatic nitrogens is 4. The standard InChI is InChI=1S/C13H16ClN6/c1-18-8-9-19(13(18)14)7-5-16-12-11(15)10-4-2-3-6-20(10)17-12/h2-4,6,8-9H,5,7,15H2,1H3,(H,16,17)/q+1. The first kappa shape index (κ1) is 12.8. The molecule has 20 heavy (non-hydrogen) atoms. The van der Waals surface area contributed by atoms with E-state index in [0.717, 1.165) is 12.1 Å². The van der Waals surface area contributed by atoms with Crippen LogP contribution in [0.3, 0.4) is 0 Å². The molecule has 0 radical (unpaired) electrons. The molecule has 0 spiro atoms. The van der Waals surface area contributed by atoms with Crippen LogP contribution in [0.25, 0.3) is 5.52 Å². The molecule has 0 aliphatic carbocycles. The van der Waals surface area contributed by atoms with Crippen LogP contribution in [-0.2, 0) is 13.6 Å². The molecule has 3 N–H and O–H groups in total. The van der Waals surface area contributed by atoms with Gasteiger partial charge in [-0.05, 0) is 12.1 Å². The molecule has 0 atom stereocenters. The van der Waals surface area contributed by atoms with Crippen LogP contribution in [0.2, 0.25) is 5.28 Å². The van der Waals surface area contributed by atoms with E-state index in [1.807, 2.05) is 53.0 Å². The number of nitrogen functional groups attached to an aromatic ring is 1. The highest BCUT2D eigenvalue weighted by Crippen LogP contribution is 2.22. The normalized spacial score (nSPS) is 11.1. The van der Waals surface area contributed by atoms with Crippen molar-refractivity contribution in [2.24, 2.45) is 7.05 Å². The summed E-state index contributed by atoms with van der Waals surface area (Å²) in [7, 11) is 1.91. The van der Waals surface area contributed by atoms with Crippen molar-refractivity contribution in [2.45, 2.75) is 6.54 Å². The molecule has 0 aliphatic rings. The summed E-state index contributed by atoms with van der Waals surface area (Å²) in [5.41, 5.74) is 7.63. The largest absolute Gasteiger partial charge is 0.394 e. The molecule has 104 valence electrons. The van der Waals surface area contributed by atoms with Crippen LogP contribution >= 0.6 is 11.6 Å². The summed E-state index contributed by atoms with van der Waals surface area (Å²) >= 11 is 6.14. The lowest BCUT2D eigenvalue weighted by Crippen LogP contribution is -2.27. The van der Waals surface area contributed by atoms with Crippen molar-refractivity contribution in [3.63, 3.8) is 0 Å². The minimum Gasteiger partial charge on any atom is -0.394 e. The van der Waals surface area contributed by atoms with E-state index in [9.17, 15) is 0 Å². The first-order valence-electron chi connectivity index (χ1n) is 6.34. The van der Waals surface area contributed by atoms with Crippen LogP contribution in [0, 0.1) is 0 Å². The maximum Gasteiger partial charge on any atom is 0.354 e. The molecule has 0 fully saturated rings. The van der Waals surface area contributed by atoms with Crippen molar-refractivity contribution in [1.82, 2.24) is 14.2 Å². The summed E-state index contributed by atoms with van der Waals surface area (Å²) in [4.78, 5) is 0. The molecule has 3 heterocycles. The van der Waals surface area contributed by atoms with E-state index in [4.69, 9.17) is 17.3 Å². The molecule has 6 nitrogen and oxygen atoms in total. The summed E-state index contributed by atoms with van der Waals surface area (Å²) in [6.07, 6.45) is 5.73. The van der Waals surface area contributed by atoms with Gasteiger partial charge in [-0.3, -0.25) is 0 Å². The second-order valence-corrected chi connectivity index (χ2v) is 4.93. The molecule has 3 aromatic rings.